The van der Waals surface area contributed by atoms with E-state index < -0.39 is 6.10 Å². The first kappa shape index (κ1) is 61.1. The molecule has 0 fully saturated rings. The van der Waals surface area contributed by atoms with E-state index in [0.29, 0.717) is 19.3 Å². The molecule has 1 unspecified atom stereocenters. The monoisotopic (exact) mass is 895 g/mol. The molecule has 6 nitrogen and oxygen atoms in total. The molecule has 0 N–H and O–H groups in total. The Bertz CT molecular complexity index is 1170. The SMILES string of the molecule is CC/C=C\C/C=C\C/C=C\C/C=C\CCCCCCCCC(=O)OCC(COC(=O)CCCCCCCCCCCCC)OC(=O)CCCCCCC/C=C\CCCCCCCCC. The van der Waals surface area contributed by atoms with Gasteiger partial charge in [0.05, 0.1) is 0 Å². The fourth-order valence-electron chi connectivity index (χ4n) is 7.66. The molecule has 0 radical (unpaired) electrons. The zero-order valence-electron chi connectivity index (χ0n) is 42.3. The summed E-state index contributed by atoms with van der Waals surface area (Å²) < 4.78 is 16.8. The van der Waals surface area contributed by atoms with Crippen molar-refractivity contribution in [3.8, 4) is 0 Å². The molecule has 0 saturated heterocycles. The van der Waals surface area contributed by atoms with Gasteiger partial charge in [-0.25, -0.2) is 0 Å². The van der Waals surface area contributed by atoms with Gasteiger partial charge >= 0.3 is 17.9 Å². The number of carbonyl (C=O) groups is 3. The first-order valence-corrected chi connectivity index (χ1v) is 27.3. The fourth-order valence-corrected chi connectivity index (χ4v) is 7.66. The fraction of sp³-hybridized carbons (Fsp3) is 0.776. The highest BCUT2D eigenvalue weighted by atomic mass is 16.6. The largest absolute Gasteiger partial charge is 0.462 e. The zero-order valence-corrected chi connectivity index (χ0v) is 42.3. The summed E-state index contributed by atoms with van der Waals surface area (Å²) in [6, 6.07) is 0. The highest BCUT2D eigenvalue weighted by Crippen LogP contribution is 2.15. The summed E-state index contributed by atoms with van der Waals surface area (Å²) in [5, 5.41) is 0. The van der Waals surface area contributed by atoms with Crippen LogP contribution in [-0.4, -0.2) is 37.2 Å². The number of carbonyl (C=O) groups excluding carboxylic acids is 3. The van der Waals surface area contributed by atoms with Gasteiger partial charge in [-0.05, 0) is 83.5 Å². The number of unbranched alkanes of at least 4 members (excludes halogenated alkanes) is 28. The Morgan fingerprint density at radius 2 is 0.609 bits per heavy atom. The average molecular weight is 895 g/mol. The second-order valence-electron chi connectivity index (χ2n) is 18.1. The van der Waals surface area contributed by atoms with Crippen molar-refractivity contribution in [3.63, 3.8) is 0 Å². The molecule has 0 heterocycles. The maximum atomic E-state index is 12.8. The summed E-state index contributed by atoms with van der Waals surface area (Å²) in [7, 11) is 0. The van der Waals surface area contributed by atoms with Gasteiger partial charge in [0, 0.05) is 19.3 Å². The minimum atomic E-state index is -0.782. The van der Waals surface area contributed by atoms with Crippen LogP contribution in [-0.2, 0) is 28.6 Å². The van der Waals surface area contributed by atoms with E-state index in [9.17, 15) is 14.4 Å². The lowest BCUT2D eigenvalue weighted by Crippen LogP contribution is -2.30. The van der Waals surface area contributed by atoms with Crippen molar-refractivity contribution in [2.75, 3.05) is 13.2 Å². The second kappa shape index (κ2) is 52.7. The first-order valence-electron chi connectivity index (χ1n) is 27.3. The van der Waals surface area contributed by atoms with E-state index in [-0.39, 0.29) is 31.1 Å². The van der Waals surface area contributed by atoms with Gasteiger partial charge in [0.15, 0.2) is 6.10 Å². The van der Waals surface area contributed by atoms with Gasteiger partial charge in [-0.2, -0.15) is 0 Å². The first-order chi connectivity index (χ1) is 31.5. The lowest BCUT2D eigenvalue weighted by atomic mass is 10.1. The standard InChI is InChI=1S/C58H102O6/c1-4-7-10-13-16-19-22-24-26-28-29-30-32-33-36-39-42-45-48-51-57(60)63-54-55(53-62-56(59)50-47-44-41-38-35-21-18-15-12-9-6-3)64-58(61)52-49-46-43-40-37-34-31-27-25-23-20-17-14-11-8-5-2/h7,10,16,19,24,26-27,29-31,55H,4-6,8-9,11-15,17-18,20-23,25,28,32-54H2,1-3H3/b10-7-,19-16-,26-24-,30-29-,31-27-. The van der Waals surface area contributed by atoms with Gasteiger partial charge < -0.3 is 14.2 Å². The van der Waals surface area contributed by atoms with Crippen LogP contribution in [0, 0.1) is 0 Å². The molecule has 0 aliphatic rings. The summed E-state index contributed by atoms with van der Waals surface area (Å²) in [5.74, 6) is -0.896. The molecule has 1 atom stereocenters. The third-order valence-electron chi connectivity index (χ3n) is 11.8. The summed E-state index contributed by atoms with van der Waals surface area (Å²) in [6.45, 7) is 6.51. The maximum Gasteiger partial charge on any atom is 0.306 e. The summed E-state index contributed by atoms with van der Waals surface area (Å²) in [5.41, 5.74) is 0. The molecule has 0 aromatic heterocycles. The topological polar surface area (TPSA) is 78.9 Å². The van der Waals surface area contributed by atoms with Crippen LogP contribution in [0.1, 0.15) is 271 Å². The van der Waals surface area contributed by atoms with E-state index in [4.69, 9.17) is 14.2 Å². The van der Waals surface area contributed by atoms with Gasteiger partial charge in [-0.15, -0.1) is 0 Å². The number of esters is 3. The molecule has 0 saturated carbocycles. The van der Waals surface area contributed by atoms with Gasteiger partial charge in [0.25, 0.3) is 0 Å². The highest BCUT2D eigenvalue weighted by molar-refractivity contribution is 5.71. The normalized spacial score (nSPS) is 12.5. The number of rotatable bonds is 49. The number of allylic oxidation sites excluding steroid dienone is 10. The molecule has 370 valence electrons. The van der Waals surface area contributed by atoms with E-state index in [1.54, 1.807) is 0 Å². The molecule has 0 aliphatic carbocycles. The summed E-state index contributed by atoms with van der Waals surface area (Å²) in [4.78, 5) is 38.0. The smallest absolute Gasteiger partial charge is 0.306 e. The minimum Gasteiger partial charge on any atom is -0.462 e. The predicted molar refractivity (Wildman–Crippen MR) is 275 cm³/mol. The zero-order chi connectivity index (χ0) is 46.5. The lowest BCUT2D eigenvalue weighted by molar-refractivity contribution is -0.167. The maximum absolute atomic E-state index is 12.8. The molecular weight excluding hydrogens is 793 g/mol. The Hall–Kier alpha value is -2.89. The predicted octanol–water partition coefficient (Wildman–Crippen LogP) is 18.0. The molecule has 0 spiro atoms. The second-order valence-corrected chi connectivity index (χ2v) is 18.1. The third kappa shape index (κ3) is 50.1. The van der Waals surface area contributed by atoms with Crippen LogP contribution >= 0.6 is 0 Å². The molecule has 0 bridgehead atoms. The Balaban J connectivity index is 4.37. The van der Waals surface area contributed by atoms with Crippen molar-refractivity contribution in [2.45, 2.75) is 277 Å². The van der Waals surface area contributed by atoms with Crippen molar-refractivity contribution in [1.29, 1.82) is 0 Å². The number of hydrogen-bond acceptors (Lipinski definition) is 6. The van der Waals surface area contributed by atoms with Crippen LogP contribution in [0.3, 0.4) is 0 Å². The van der Waals surface area contributed by atoms with Crippen molar-refractivity contribution in [2.24, 2.45) is 0 Å². The van der Waals surface area contributed by atoms with E-state index >= 15 is 0 Å². The van der Waals surface area contributed by atoms with Crippen molar-refractivity contribution < 1.29 is 28.6 Å². The highest BCUT2D eigenvalue weighted by Gasteiger charge is 2.19. The molecule has 0 amide bonds. The Labute approximate surface area is 396 Å². The summed E-state index contributed by atoms with van der Waals surface area (Å²) in [6.07, 6.45) is 64.9. The summed E-state index contributed by atoms with van der Waals surface area (Å²) >= 11 is 0. The minimum absolute atomic E-state index is 0.0801. The molecule has 0 aliphatic heterocycles. The van der Waals surface area contributed by atoms with Crippen LogP contribution in [0.15, 0.2) is 60.8 Å². The quantitative estimate of drug-likeness (QED) is 0.0262. The number of ether oxygens (including phenoxy) is 3. The third-order valence-corrected chi connectivity index (χ3v) is 11.8. The van der Waals surface area contributed by atoms with Gasteiger partial charge in [0.1, 0.15) is 13.2 Å². The van der Waals surface area contributed by atoms with E-state index in [2.05, 4.69) is 81.5 Å². The molecule has 64 heavy (non-hydrogen) atoms. The van der Waals surface area contributed by atoms with E-state index in [1.165, 1.54) is 128 Å². The van der Waals surface area contributed by atoms with E-state index in [0.717, 1.165) is 103 Å². The Morgan fingerprint density at radius 1 is 0.328 bits per heavy atom. The van der Waals surface area contributed by atoms with Gasteiger partial charge in [-0.1, -0.05) is 229 Å². The lowest BCUT2D eigenvalue weighted by Gasteiger charge is -2.18. The van der Waals surface area contributed by atoms with Crippen molar-refractivity contribution in [1.82, 2.24) is 0 Å². The molecular formula is C58H102O6. The van der Waals surface area contributed by atoms with Gasteiger partial charge in [-0.3, -0.25) is 14.4 Å². The van der Waals surface area contributed by atoms with Gasteiger partial charge in [0.2, 0.25) is 0 Å². The average Bonchev–Trinajstić information content (AvgIpc) is 3.29. The van der Waals surface area contributed by atoms with Crippen LogP contribution in [0.25, 0.3) is 0 Å². The Kier molecular flexibility index (Phi) is 50.4. The van der Waals surface area contributed by atoms with E-state index in [1.807, 2.05) is 0 Å². The van der Waals surface area contributed by atoms with Crippen molar-refractivity contribution >= 4 is 17.9 Å². The van der Waals surface area contributed by atoms with Crippen molar-refractivity contribution in [3.05, 3.63) is 60.8 Å². The molecule has 0 aromatic rings. The Morgan fingerprint density at radius 3 is 0.969 bits per heavy atom. The van der Waals surface area contributed by atoms with Crippen LogP contribution in [0.2, 0.25) is 0 Å². The molecule has 0 rings (SSSR count). The molecule has 0 aromatic carbocycles. The van der Waals surface area contributed by atoms with Crippen LogP contribution in [0.5, 0.6) is 0 Å². The van der Waals surface area contributed by atoms with Crippen LogP contribution < -0.4 is 0 Å². The van der Waals surface area contributed by atoms with Crippen LogP contribution in [0.4, 0.5) is 0 Å². The molecule has 6 heteroatoms. The number of hydrogen-bond donors (Lipinski definition) is 0.